The summed E-state index contributed by atoms with van der Waals surface area (Å²) in [6.45, 7) is 0. The van der Waals surface area contributed by atoms with E-state index in [0.29, 0.717) is 12.8 Å². The van der Waals surface area contributed by atoms with Crippen LogP contribution in [0.15, 0.2) is 24.3 Å². The highest BCUT2D eigenvalue weighted by Gasteiger charge is 2.02. The van der Waals surface area contributed by atoms with Gasteiger partial charge in [-0.3, -0.25) is 5.41 Å². The number of rotatable bonds is 4. The van der Waals surface area contributed by atoms with Crippen LogP contribution >= 0.6 is 0 Å². The van der Waals surface area contributed by atoms with Crippen LogP contribution in [-0.4, -0.2) is 16.9 Å². The van der Waals surface area contributed by atoms with Gasteiger partial charge < -0.3 is 10.8 Å². The van der Waals surface area contributed by atoms with Crippen molar-refractivity contribution in [3.63, 3.8) is 0 Å². The average molecular weight is 192 g/mol. The van der Waals surface area contributed by atoms with Crippen molar-refractivity contribution in [2.45, 2.75) is 12.8 Å². The zero-order chi connectivity index (χ0) is 10.6. The predicted molar refractivity (Wildman–Crippen MR) is 53.6 cm³/mol. The normalized spacial score (nSPS) is 9.71. The minimum absolute atomic E-state index is 0.116. The minimum atomic E-state index is -0.935. The van der Waals surface area contributed by atoms with Crippen LogP contribution < -0.4 is 5.73 Å². The molecular formula is C10H12N2O2. The summed E-state index contributed by atoms with van der Waals surface area (Å²) in [5.41, 5.74) is 6.36. The van der Waals surface area contributed by atoms with Crippen LogP contribution in [0, 0.1) is 5.41 Å². The third-order valence-corrected chi connectivity index (χ3v) is 1.86. The molecule has 0 bridgehead atoms. The third-order valence-electron chi connectivity index (χ3n) is 1.86. The molecule has 0 aliphatic rings. The maximum atomic E-state index is 10.6. The number of nitrogens with one attached hydrogen (secondary N) is 1. The number of carboxylic acids is 1. The molecule has 1 rings (SSSR count). The van der Waals surface area contributed by atoms with Gasteiger partial charge in [0.05, 0.1) is 11.4 Å². The van der Waals surface area contributed by atoms with E-state index in [-0.39, 0.29) is 11.4 Å². The van der Waals surface area contributed by atoms with Gasteiger partial charge in [0.15, 0.2) is 0 Å². The molecule has 1 aromatic rings. The molecule has 0 heterocycles. The summed E-state index contributed by atoms with van der Waals surface area (Å²) in [4.78, 5) is 10.6. The number of carboxylic acid groups (broad SMARTS) is 1. The molecule has 0 aliphatic heterocycles. The molecule has 4 heteroatoms. The molecule has 0 atom stereocenters. The van der Waals surface area contributed by atoms with Crippen LogP contribution in [0.5, 0.6) is 0 Å². The number of hydrogen-bond donors (Lipinski definition) is 3. The van der Waals surface area contributed by atoms with E-state index < -0.39 is 5.97 Å². The smallest absolute Gasteiger partial charge is 0.335 e. The molecule has 0 aliphatic carbocycles. The Labute approximate surface area is 81.9 Å². The number of amidine groups is 1. The molecule has 0 amide bonds. The number of aryl methyl sites for hydroxylation is 1. The van der Waals surface area contributed by atoms with Crippen LogP contribution in [0.2, 0.25) is 0 Å². The molecule has 0 spiro atoms. The van der Waals surface area contributed by atoms with E-state index in [0.717, 1.165) is 5.56 Å². The second kappa shape index (κ2) is 4.41. The lowest BCUT2D eigenvalue weighted by atomic mass is 10.1. The van der Waals surface area contributed by atoms with Crippen molar-refractivity contribution in [3.8, 4) is 0 Å². The number of carbonyl (C=O) groups is 1. The first-order valence-electron chi connectivity index (χ1n) is 4.24. The van der Waals surface area contributed by atoms with Gasteiger partial charge in [0, 0.05) is 6.42 Å². The largest absolute Gasteiger partial charge is 0.478 e. The van der Waals surface area contributed by atoms with Crippen molar-refractivity contribution in [2.24, 2.45) is 5.73 Å². The molecule has 0 fully saturated rings. The van der Waals surface area contributed by atoms with Gasteiger partial charge in [-0.25, -0.2) is 4.79 Å². The number of benzene rings is 1. The van der Waals surface area contributed by atoms with Gasteiger partial charge in [0.1, 0.15) is 0 Å². The van der Waals surface area contributed by atoms with E-state index in [1.54, 1.807) is 18.2 Å². The molecule has 0 unspecified atom stereocenters. The van der Waals surface area contributed by atoms with E-state index in [1.165, 1.54) is 0 Å². The summed E-state index contributed by atoms with van der Waals surface area (Å²) >= 11 is 0. The highest BCUT2D eigenvalue weighted by molar-refractivity contribution is 5.87. The van der Waals surface area contributed by atoms with Crippen molar-refractivity contribution < 1.29 is 9.90 Å². The van der Waals surface area contributed by atoms with Crippen LogP contribution in [0.3, 0.4) is 0 Å². The zero-order valence-corrected chi connectivity index (χ0v) is 7.66. The van der Waals surface area contributed by atoms with E-state index in [1.807, 2.05) is 6.07 Å². The molecule has 74 valence electrons. The second-order valence-electron chi connectivity index (χ2n) is 3.03. The summed E-state index contributed by atoms with van der Waals surface area (Å²) < 4.78 is 0. The second-order valence-corrected chi connectivity index (χ2v) is 3.03. The molecule has 1 aromatic carbocycles. The van der Waals surface area contributed by atoms with Crippen molar-refractivity contribution in [3.05, 3.63) is 35.4 Å². The average Bonchev–Trinajstić information content (AvgIpc) is 2.15. The van der Waals surface area contributed by atoms with Crippen molar-refractivity contribution in [1.82, 2.24) is 0 Å². The molecule has 4 N–H and O–H groups in total. The maximum Gasteiger partial charge on any atom is 0.335 e. The summed E-state index contributed by atoms with van der Waals surface area (Å²) in [6, 6.07) is 6.67. The number of aromatic carboxylic acids is 1. The Hall–Kier alpha value is -1.84. The maximum absolute atomic E-state index is 10.6. The van der Waals surface area contributed by atoms with Gasteiger partial charge in [0.2, 0.25) is 0 Å². The topological polar surface area (TPSA) is 87.2 Å². The molecule has 14 heavy (non-hydrogen) atoms. The number of nitrogens with two attached hydrogens (primary N) is 1. The van der Waals surface area contributed by atoms with E-state index in [2.05, 4.69) is 0 Å². The first-order chi connectivity index (χ1) is 6.59. The SMILES string of the molecule is N=C(N)CCc1cccc(C(=O)O)c1. The molecule has 0 saturated carbocycles. The lowest BCUT2D eigenvalue weighted by Crippen LogP contribution is -2.10. The van der Waals surface area contributed by atoms with E-state index >= 15 is 0 Å². The Morgan fingerprint density at radius 1 is 1.50 bits per heavy atom. The molecule has 0 saturated heterocycles. The summed E-state index contributed by atoms with van der Waals surface area (Å²) in [5.74, 6) is -0.819. The summed E-state index contributed by atoms with van der Waals surface area (Å²) in [5, 5.41) is 15.8. The zero-order valence-electron chi connectivity index (χ0n) is 7.66. The first kappa shape index (κ1) is 10.2. The minimum Gasteiger partial charge on any atom is -0.478 e. The molecule has 0 aromatic heterocycles. The van der Waals surface area contributed by atoms with Gasteiger partial charge in [0.25, 0.3) is 0 Å². The Balaban J connectivity index is 2.73. The fourth-order valence-corrected chi connectivity index (χ4v) is 1.14. The fraction of sp³-hybridized carbons (Fsp3) is 0.200. The third kappa shape index (κ3) is 2.90. The quantitative estimate of drug-likeness (QED) is 0.495. The van der Waals surface area contributed by atoms with Gasteiger partial charge in [-0.15, -0.1) is 0 Å². The van der Waals surface area contributed by atoms with E-state index in [4.69, 9.17) is 16.2 Å². The lowest BCUT2D eigenvalue weighted by molar-refractivity contribution is 0.0697. The van der Waals surface area contributed by atoms with E-state index in [9.17, 15) is 4.79 Å². The van der Waals surface area contributed by atoms with Gasteiger partial charge in [-0.1, -0.05) is 12.1 Å². The predicted octanol–water partition coefficient (Wildman–Crippen LogP) is 1.25. The summed E-state index contributed by atoms with van der Waals surface area (Å²) in [7, 11) is 0. The Morgan fingerprint density at radius 3 is 2.79 bits per heavy atom. The highest BCUT2D eigenvalue weighted by atomic mass is 16.4. The fourth-order valence-electron chi connectivity index (χ4n) is 1.14. The Morgan fingerprint density at radius 2 is 2.21 bits per heavy atom. The van der Waals surface area contributed by atoms with Gasteiger partial charge >= 0.3 is 5.97 Å². The molecular weight excluding hydrogens is 180 g/mol. The first-order valence-corrected chi connectivity index (χ1v) is 4.24. The number of hydrogen-bond acceptors (Lipinski definition) is 2. The highest BCUT2D eigenvalue weighted by Crippen LogP contribution is 2.07. The molecule has 4 nitrogen and oxygen atoms in total. The lowest BCUT2D eigenvalue weighted by Gasteiger charge is -2.01. The summed E-state index contributed by atoms with van der Waals surface area (Å²) in [6.07, 6.45) is 1.07. The van der Waals surface area contributed by atoms with Gasteiger partial charge in [-0.2, -0.15) is 0 Å². The Bertz CT molecular complexity index is 361. The van der Waals surface area contributed by atoms with Crippen molar-refractivity contribution in [2.75, 3.05) is 0 Å². The molecule has 0 radical (unpaired) electrons. The van der Waals surface area contributed by atoms with Crippen LogP contribution in [-0.2, 0) is 6.42 Å². The van der Waals surface area contributed by atoms with Crippen LogP contribution in [0.1, 0.15) is 22.3 Å². The standard InChI is InChI=1S/C10H12N2O2/c11-9(12)5-4-7-2-1-3-8(6-7)10(13)14/h1-3,6H,4-5H2,(H3,11,12)(H,13,14). The Kier molecular flexibility index (Phi) is 3.23. The van der Waals surface area contributed by atoms with Crippen molar-refractivity contribution >= 4 is 11.8 Å². The van der Waals surface area contributed by atoms with Crippen LogP contribution in [0.4, 0.5) is 0 Å². The van der Waals surface area contributed by atoms with Gasteiger partial charge in [-0.05, 0) is 24.1 Å². The van der Waals surface area contributed by atoms with Crippen molar-refractivity contribution in [1.29, 1.82) is 5.41 Å². The monoisotopic (exact) mass is 192 g/mol. The van der Waals surface area contributed by atoms with Crippen LogP contribution in [0.25, 0.3) is 0 Å².